The molecular weight excluding hydrogens is 396 g/mol. The first-order valence-corrected chi connectivity index (χ1v) is 9.36. The number of benzene rings is 1. The molecule has 6 heteroatoms. The van der Waals surface area contributed by atoms with Crippen LogP contribution in [0.2, 0.25) is 0 Å². The van der Waals surface area contributed by atoms with Gasteiger partial charge in [-0.1, -0.05) is 37.3 Å². The number of rotatable bonds is 5. The van der Waals surface area contributed by atoms with Gasteiger partial charge in [0.15, 0.2) is 11.6 Å². The van der Waals surface area contributed by atoms with E-state index in [2.05, 4.69) is 26.2 Å². The number of pyridine rings is 1. The smallest absolute Gasteiger partial charge is 0.413 e. The van der Waals surface area contributed by atoms with Crippen molar-refractivity contribution in [2.75, 3.05) is 5.32 Å². The van der Waals surface area contributed by atoms with E-state index in [0.29, 0.717) is 22.8 Å². The Labute approximate surface area is 163 Å². The van der Waals surface area contributed by atoms with E-state index >= 15 is 0 Å². The van der Waals surface area contributed by atoms with Gasteiger partial charge in [0.1, 0.15) is 16.8 Å². The molecule has 0 saturated carbocycles. The highest BCUT2D eigenvalue weighted by Crippen LogP contribution is 2.35. The van der Waals surface area contributed by atoms with Crippen molar-refractivity contribution in [3.8, 4) is 5.75 Å². The van der Waals surface area contributed by atoms with Crippen molar-refractivity contribution in [3.63, 3.8) is 0 Å². The van der Waals surface area contributed by atoms with Gasteiger partial charge in [-0.2, -0.15) is 0 Å². The number of carbonyl (C=O) groups is 1. The van der Waals surface area contributed by atoms with E-state index in [0.717, 1.165) is 23.1 Å². The maximum absolute atomic E-state index is 12.2. The SMILES string of the molecule is CCc1c(C)c(Br)nc(NC(=O)OC(C)(C)C)c1OCc1ccccc1. The second-order valence-corrected chi connectivity index (χ2v) is 7.69. The summed E-state index contributed by atoms with van der Waals surface area (Å²) in [6, 6.07) is 9.87. The van der Waals surface area contributed by atoms with Crippen LogP contribution in [0.1, 0.15) is 44.4 Å². The summed E-state index contributed by atoms with van der Waals surface area (Å²) in [5.41, 5.74) is 2.43. The highest BCUT2D eigenvalue weighted by molar-refractivity contribution is 9.10. The normalized spacial score (nSPS) is 11.2. The quantitative estimate of drug-likeness (QED) is 0.635. The van der Waals surface area contributed by atoms with Gasteiger partial charge in [0.25, 0.3) is 0 Å². The summed E-state index contributed by atoms with van der Waals surface area (Å²) in [7, 11) is 0. The van der Waals surface area contributed by atoms with Crippen molar-refractivity contribution >= 4 is 27.8 Å². The number of nitrogens with one attached hydrogen (secondary N) is 1. The molecule has 2 rings (SSSR count). The van der Waals surface area contributed by atoms with Gasteiger partial charge >= 0.3 is 6.09 Å². The monoisotopic (exact) mass is 420 g/mol. The van der Waals surface area contributed by atoms with Gasteiger partial charge in [0, 0.05) is 5.56 Å². The summed E-state index contributed by atoms with van der Waals surface area (Å²) < 4.78 is 12.1. The third kappa shape index (κ3) is 5.46. The van der Waals surface area contributed by atoms with Gasteiger partial charge < -0.3 is 9.47 Å². The number of hydrogen-bond acceptors (Lipinski definition) is 4. The molecule has 5 nitrogen and oxygen atoms in total. The van der Waals surface area contributed by atoms with Crippen molar-refractivity contribution < 1.29 is 14.3 Å². The topological polar surface area (TPSA) is 60.5 Å². The molecular formula is C20H25BrN2O3. The number of halogens is 1. The van der Waals surface area contributed by atoms with Crippen LogP contribution in [0.4, 0.5) is 10.6 Å². The first-order chi connectivity index (χ1) is 12.2. The van der Waals surface area contributed by atoms with Crippen LogP contribution in [0.25, 0.3) is 0 Å². The van der Waals surface area contributed by atoms with Gasteiger partial charge in [-0.3, -0.25) is 5.32 Å². The third-order valence-electron chi connectivity index (χ3n) is 3.66. The predicted molar refractivity (Wildman–Crippen MR) is 107 cm³/mol. The molecule has 0 aliphatic carbocycles. The first-order valence-electron chi connectivity index (χ1n) is 8.57. The summed E-state index contributed by atoms with van der Waals surface area (Å²) in [5, 5.41) is 2.72. The average Bonchev–Trinajstić information content (AvgIpc) is 2.55. The molecule has 2 aromatic rings. The van der Waals surface area contributed by atoms with E-state index in [1.807, 2.05) is 65.0 Å². The van der Waals surface area contributed by atoms with Crippen molar-refractivity contribution in [2.24, 2.45) is 0 Å². The Morgan fingerprint density at radius 1 is 1.23 bits per heavy atom. The highest BCUT2D eigenvalue weighted by atomic mass is 79.9. The number of amides is 1. The van der Waals surface area contributed by atoms with E-state index in [1.54, 1.807) is 0 Å². The molecule has 0 fully saturated rings. The van der Waals surface area contributed by atoms with E-state index < -0.39 is 11.7 Å². The van der Waals surface area contributed by atoms with Gasteiger partial charge in [-0.05, 0) is 61.2 Å². The molecule has 0 aliphatic rings. The minimum absolute atomic E-state index is 0.351. The lowest BCUT2D eigenvalue weighted by Gasteiger charge is -2.21. The Hall–Kier alpha value is -2.08. The molecule has 1 amide bonds. The number of nitrogens with zero attached hydrogens (tertiary/aromatic N) is 1. The summed E-state index contributed by atoms with van der Waals surface area (Å²) >= 11 is 3.46. The fraction of sp³-hybridized carbons (Fsp3) is 0.400. The summed E-state index contributed by atoms with van der Waals surface area (Å²) in [5.74, 6) is 0.924. The van der Waals surface area contributed by atoms with E-state index in [4.69, 9.17) is 9.47 Å². The van der Waals surface area contributed by atoms with Crippen LogP contribution < -0.4 is 10.1 Å². The van der Waals surface area contributed by atoms with Crippen LogP contribution in [0, 0.1) is 6.92 Å². The standard InChI is InChI=1S/C20H25BrN2O3/c1-6-15-13(2)17(21)22-18(23-19(24)26-20(3,4)5)16(15)25-12-14-10-8-7-9-11-14/h7-11H,6,12H2,1-5H3,(H,22,23,24). The minimum atomic E-state index is -0.593. The molecule has 0 atom stereocenters. The molecule has 1 heterocycles. The van der Waals surface area contributed by atoms with Crippen LogP contribution in [-0.2, 0) is 17.8 Å². The Morgan fingerprint density at radius 2 is 1.88 bits per heavy atom. The Kier molecular flexibility index (Phi) is 6.64. The summed E-state index contributed by atoms with van der Waals surface area (Å²) in [4.78, 5) is 16.6. The maximum atomic E-state index is 12.2. The zero-order chi connectivity index (χ0) is 19.3. The maximum Gasteiger partial charge on any atom is 0.413 e. The van der Waals surface area contributed by atoms with Crippen LogP contribution in [0.15, 0.2) is 34.9 Å². The molecule has 0 bridgehead atoms. The zero-order valence-corrected chi connectivity index (χ0v) is 17.4. The number of hydrogen-bond donors (Lipinski definition) is 1. The number of carbonyl (C=O) groups excluding carboxylic acids is 1. The van der Waals surface area contributed by atoms with Gasteiger partial charge in [0.2, 0.25) is 0 Å². The van der Waals surface area contributed by atoms with Crippen LogP contribution in [-0.4, -0.2) is 16.7 Å². The molecule has 140 valence electrons. The van der Waals surface area contributed by atoms with Crippen molar-refractivity contribution in [3.05, 3.63) is 51.6 Å². The van der Waals surface area contributed by atoms with E-state index in [-0.39, 0.29) is 0 Å². The lowest BCUT2D eigenvalue weighted by molar-refractivity contribution is 0.0634. The molecule has 1 N–H and O–H groups in total. The summed E-state index contributed by atoms with van der Waals surface area (Å²) in [6.45, 7) is 9.85. The third-order valence-corrected chi connectivity index (χ3v) is 4.43. The number of ether oxygens (including phenoxy) is 2. The average molecular weight is 421 g/mol. The second kappa shape index (κ2) is 8.54. The summed E-state index contributed by atoms with van der Waals surface area (Å²) in [6.07, 6.45) is 0.187. The molecule has 26 heavy (non-hydrogen) atoms. The van der Waals surface area contributed by atoms with Gasteiger partial charge in [-0.15, -0.1) is 0 Å². The van der Waals surface area contributed by atoms with Crippen LogP contribution >= 0.6 is 15.9 Å². The van der Waals surface area contributed by atoms with Gasteiger partial charge in [0.05, 0.1) is 0 Å². The number of aromatic nitrogens is 1. The highest BCUT2D eigenvalue weighted by Gasteiger charge is 2.22. The fourth-order valence-corrected chi connectivity index (χ4v) is 2.88. The molecule has 0 saturated heterocycles. The lowest BCUT2D eigenvalue weighted by atomic mass is 10.1. The van der Waals surface area contributed by atoms with Crippen LogP contribution in [0.3, 0.4) is 0 Å². The molecule has 0 spiro atoms. The fourth-order valence-electron chi connectivity index (χ4n) is 2.47. The van der Waals surface area contributed by atoms with Crippen molar-refractivity contribution in [1.82, 2.24) is 4.98 Å². The predicted octanol–water partition coefficient (Wildman–Crippen LogP) is 5.64. The number of anilines is 1. The largest absolute Gasteiger partial charge is 0.485 e. The molecule has 0 radical (unpaired) electrons. The van der Waals surface area contributed by atoms with E-state index in [9.17, 15) is 4.79 Å². The van der Waals surface area contributed by atoms with E-state index in [1.165, 1.54) is 0 Å². The van der Waals surface area contributed by atoms with Crippen LogP contribution in [0.5, 0.6) is 5.75 Å². The van der Waals surface area contributed by atoms with Crippen molar-refractivity contribution in [1.29, 1.82) is 0 Å². The Morgan fingerprint density at radius 3 is 2.46 bits per heavy atom. The molecule has 1 aromatic carbocycles. The first kappa shape index (κ1) is 20.2. The minimum Gasteiger partial charge on any atom is -0.485 e. The zero-order valence-electron chi connectivity index (χ0n) is 15.9. The van der Waals surface area contributed by atoms with Crippen molar-refractivity contribution in [2.45, 2.75) is 53.2 Å². The Balaban J connectivity index is 2.33. The molecule has 0 unspecified atom stereocenters. The second-order valence-electron chi connectivity index (χ2n) is 6.94. The Bertz CT molecular complexity index is 771. The van der Waals surface area contributed by atoms with Gasteiger partial charge in [-0.25, -0.2) is 9.78 Å². The lowest BCUT2D eigenvalue weighted by Crippen LogP contribution is -2.28. The molecule has 0 aliphatic heterocycles. The molecule has 1 aromatic heterocycles.